The van der Waals surface area contributed by atoms with Crippen LogP contribution in [0.1, 0.15) is 33.1 Å². The lowest BCUT2D eigenvalue weighted by Crippen LogP contribution is -2.50. The van der Waals surface area contributed by atoms with E-state index in [1.54, 1.807) is 0 Å². The molecule has 5 nitrogen and oxygen atoms in total. The molecule has 1 heterocycles. The highest BCUT2D eigenvalue weighted by atomic mass is 16.4. The van der Waals surface area contributed by atoms with E-state index in [1.807, 2.05) is 0 Å². The normalized spacial score (nSPS) is 24.6. The number of carboxylic acids is 1. The summed E-state index contributed by atoms with van der Waals surface area (Å²) in [5, 5.41) is 14.8. The summed E-state index contributed by atoms with van der Waals surface area (Å²) in [4.78, 5) is 22.5. The minimum atomic E-state index is -0.793. The van der Waals surface area contributed by atoms with Crippen LogP contribution in [0.4, 0.5) is 0 Å². The molecule has 1 aliphatic rings. The first kappa shape index (κ1) is 14.0. The summed E-state index contributed by atoms with van der Waals surface area (Å²) in [6.45, 7) is 5.32. The van der Waals surface area contributed by atoms with Crippen molar-refractivity contribution in [2.75, 3.05) is 13.1 Å². The van der Waals surface area contributed by atoms with Crippen LogP contribution in [0.15, 0.2) is 0 Å². The van der Waals surface area contributed by atoms with Crippen LogP contribution in [0.3, 0.4) is 0 Å². The van der Waals surface area contributed by atoms with Gasteiger partial charge < -0.3 is 15.7 Å². The summed E-state index contributed by atoms with van der Waals surface area (Å²) in [6.07, 6.45) is 1.91. The van der Waals surface area contributed by atoms with Crippen molar-refractivity contribution >= 4 is 11.9 Å². The Bertz CT molecular complexity index is 279. The molecule has 0 aromatic rings. The number of amides is 1. The number of aliphatic carboxylic acids is 1. The number of hydrogen-bond acceptors (Lipinski definition) is 3. The minimum absolute atomic E-state index is 0.0246. The molecule has 0 aliphatic carbocycles. The van der Waals surface area contributed by atoms with Gasteiger partial charge >= 0.3 is 5.97 Å². The fraction of sp³-hybridized carbons (Fsp3) is 0.833. The van der Waals surface area contributed by atoms with Gasteiger partial charge in [-0.1, -0.05) is 13.8 Å². The summed E-state index contributed by atoms with van der Waals surface area (Å²) >= 11 is 0. The Hall–Kier alpha value is -1.10. The molecule has 0 bridgehead atoms. The average molecular weight is 242 g/mol. The van der Waals surface area contributed by atoms with Crippen LogP contribution in [0.25, 0.3) is 0 Å². The summed E-state index contributed by atoms with van der Waals surface area (Å²) in [6, 6.07) is -0.0514. The topological polar surface area (TPSA) is 78.4 Å². The maximum Gasteiger partial charge on any atom is 0.307 e. The molecule has 1 amide bonds. The molecule has 1 saturated heterocycles. The quantitative estimate of drug-likeness (QED) is 0.659. The Morgan fingerprint density at radius 3 is 2.71 bits per heavy atom. The van der Waals surface area contributed by atoms with Gasteiger partial charge in [-0.25, -0.2) is 0 Å². The third kappa shape index (κ3) is 5.17. The van der Waals surface area contributed by atoms with Gasteiger partial charge in [0.05, 0.1) is 5.92 Å². The van der Waals surface area contributed by atoms with Crippen molar-refractivity contribution in [2.24, 2.45) is 11.8 Å². The Morgan fingerprint density at radius 1 is 1.41 bits per heavy atom. The summed E-state index contributed by atoms with van der Waals surface area (Å²) in [7, 11) is 0. The zero-order chi connectivity index (χ0) is 12.8. The van der Waals surface area contributed by atoms with Crippen LogP contribution >= 0.6 is 0 Å². The van der Waals surface area contributed by atoms with Gasteiger partial charge in [0.2, 0.25) is 5.91 Å². The summed E-state index contributed by atoms with van der Waals surface area (Å²) < 4.78 is 0. The van der Waals surface area contributed by atoms with Gasteiger partial charge in [-0.3, -0.25) is 9.59 Å². The predicted molar refractivity (Wildman–Crippen MR) is 64.6 cm³/mol. The van der Waals surface area contributed by atoms with Gasteiger partial charge in [0.15, 0.2) is 0 Å². The molecule has 0 spiro atoms. The van der Waals surface area contributed by atoms with Gasteiger partial charge in [-0.05, 0) is 18.8 Å². The third-order valence-electron chi connectivity index (χ3n) is 3.01. The Morgan fingerprint density at radius 2 is 2.12 bits per heavy atom. The number of rotatable bonds is 5. The average Bonchev–Trinajstić information content (AvgIpc) is 2.26. The van der Waals surface area contributed by atoms with Crippen molar-refractivity contribution in [1.82, 2.24) is 10.6 Å². The molecule has 0 aromatic heterocycles. The van der Waals surface area contributed by atoms with Gasteiger partial charge in [0, 0.05) is 25.6 Å². The number of carbonyl (C=O) groups is 2. The van der Waals surface area contributed by atoms with Crippen molar-refractivity contribution in [3.63, 3.8) is 0 Å². The molecule has 98 valence electrons. The highest BCUT2D eigenvalue weighted by Gasteiger charge is 2.27. The number of nitrogens with one attached hydrogen (secondary N) is 2. The van der Waals surface area contributed by atoms with E-state index < -0.39 is 5.97 Å². The first-order chi connectivity index (χ1) is 7.99. The van der Waals surface area contributed by atoms with Crippen molar-refractivity contribution in [3.05, 3.63) is 0 Å². The highest BCUT2D eigenvalue weighted by Crippen LogP contribution is 2.11. The Balaban J connectivity index is 2.30. The van der Waals surface area contributed by atoms with E-state index in [-0.39, 0.29) is 17.9 Å². The summed E-state index contributed by atoms with van der Waals surface area (Å²) in [5.74, 6) is -0.647. The molecule has 3 N–H and O–H groups in total. The maximum atomic E-state index is 11.6. The number of hydrogen-bond donors (Lipinski definition) is 3. The van der Waals surface area contributed by atoms with E-state index in [4.69, 9.17) is 5.11 Å². The van der Waals surface area contributed by atoms with Gasteiger partial charge in [0.25, 0.3) is 0 Å². The Labute approximate surface area is 102 Å². The van der Waals surface area contributed by atoms with E-state index in [0.717, 1.165) is 6.42 Å². The smallest absolute Gasteiger partial charge is 0.307 e. The zero-order valence-electron chi connectivity index (χ0n) is 10.5. The number of carboxylic acid groups (broad SMARTS) is 1. The van der Waals surface area contributed by atoms with Crippen molar-refractivity contribution in [3.8, 4) is 0 Å². The molecular weight excluding hydrogens is 220 g/mol. The first-order valence-electron chi connectivity index (χ1n) is 6.22. The van der Waals surface area contributed by atoms with Crippen molar-refractivity contribution in [2.45, 2.75) is 39.2 Å². The standard InChI is InChI=1S/C12H22N2O3/c1-8(2)3-4-11(15)14-10-5-9(12(16)17)6-13-7-10/h8-10,13H,3-7H2,1-2H3,(H,14,15)(H,16,17)/t9-,10+/m1/s1. The highest BCUT2D eigenvalue weighted by molar-refractivity contribution is 5.76. The van der Waals surface area contributed by atoms with Crippen LogP contribution in [-0.4, -0.2) is 36.1 Å². The molecular formula is C12H22N2O3. The minimum Gasteiger partial charge on any atom is -0.481 e. The summed E-state index contributed by atoms with van der Waals surface area (Å²) in [5.41, 5.74) is 0. The zero-order valence-corrected chi connectivity index (χ0v) is 10.5. The van der Waals surface area contributed by atoms with E-state index in [9.17, 15) is 9.59 Å². The lowest BCUT2D eigenvalue weighted by Gasteiger charge is -2.28. The van der Waals surface area contributed by atoms with Crippen LogP contribution < -0.4 is 10.6 Å². The second-order valence-electron chi connectivity index (χ2n) is 5.13. The van der Waals surface area contributed by atoms with E-state index >= 15 is 0 Å². The van der Waals surface area contributed by atoms with E-state index in [2.05, 4.69) is 24.5 Å². The van der Waals surface area contributed by atoms with E-state index in [0.29, 0.717) is 31.8 Å². The molecule has 17 heavy (non-hydrogen) atoms. The van der Waals surface area contributed by atoms with Crippen molar-refractivity contribution < 1.29 is 14.7 Å². The largest absolute Gasteiger partial charge is 0.481 e. The molecule has 0 aromatic carbocycles. The second-order valence-corrected chi connectivity index (χ2v) is 5.13. The van der Waals surface area contributed by atoms with Gasteiger partial charge in [0.1, 0.15) is 0 Å². The van der Waals surface area contributed by atoms with Crippen LogP contribution in [0, 0.1) is 11.8 Å². The SMILES string of the molecule is CC(C)CCC(=O)N[C@@H]1CNC[C@H](C(=O)O)C1. The molecule has 0 unspecified atom stereocenters. The Kier molecular flexibility index (Phi) is 5.41. The first-order valence-corrected chi connectivity index (χ1v) is 6.22. The maximum absolute atomic E-state index is 11.6. The van der Waals surface area contributed by atoms with Crippen LogP contribution in [0.2, 0.25) is 0 Å². The third-order valence-corrected chi connectivity index (χ3v) is 3.01. The monoisotopic (exact) mass is 242 g/mol. The number of piperidine rings is 1. The lowest BCUT2D eigenvalue weighted by atomic mass is 9.95. The second kappa shape index (κ2) is 6.59. The predicted octanol–water partition coefficient (Wildman–Crippen LogP) is 0.601. The molecule has 0 radical (unpaired) electrons. The van der Waals surface area contributed by atoms with Gasteiger partial charge in [-0.2, -0.15) is 0 Å². The van der Waals surface area contributed by atoms with E-state index in [1.165, 1.54) is 0 Å². The van der Waals surface area contributed by atoms with Gasteiger partial charge in [-0.15, -0.1) is 0 Å². The molecule has 5 heteroatoms. The fourth-order valence-electron chi connectivity index (χ4n) is 1.96. The molecule has 1 fully saturated rings. The lowest BCUT2D eigenvalue weighted by molar-refractivity contribution is -0.142. The molecule has 0 saturated carbocycles. The van der Waals surface area contributed by atoms with Crippen LogP contribution in [-0.2, 0) is 9.59 Å². The fourth-order valence-corrected chi connectivity index (χ4v) is 1.96. The molecule has 1 aliphatic heterocycles. The number of carbonyl (C=O) groups excluding carboxylic acids is 1. The van der Waals surface area contributed by atoms with Crippen LogP contribution in [0.5, 0.6) is 0 Å². The van der Waals surface area contributed by atoms with Crippen molar-refractivity contribution in [1.29, 1.82) is 0 Å². The molecule has 2 atom stereocenters. The molecule has 1 rings (SSSR count).